The monoisotopic (exact) mass is 431 g/mol. The van der Waals surface area contributed by atoms with Crippen LogP contribution in [-0.2, 0) is 16.1 Å². The highest BCUT2D eigenvalue weighted by molar-refractivity contribution is 9.10. The summed E-state index contributed by atoms with van der Waals surface area (Å²) in [5.41, 5.74) is 7.57. The minimum absolute atomic E-state index is 0.238. The van der Waals surface area contributed by atoms with Gasteiger partial charge in [0.25, 0.3) is 0 Å². The van der Waals surface area contributed by atoms with Gasteiger partial charge < -0.3 is 20.1 Å². The number of nitrogens with zero attached hydrogens (tertiary/aromatic N) is 4. The third-order valence-electron chi connectivity index (χ3n) is 4.39. The molecule has 0 aliphatic carbocycles. The largest absolute Gasteiger partial charge is 0.445 e. The number of aromatic nitrogens is 3. The summed E-state index contributed by atoms with van der Waals surface area (Å²) in [6.45, 7) is 1.46. The van der Waals surface area contributed by atoms with E-state index in [1.54, 1.807) is 17.3 Å². The van der Waals surface area contributed by atoms with E-state index in [2.05, 4.69) is 25.9 Å². The van der Waals surface area contributed by atoms with Crippen LogP contribution in [0.2, 0.25) is 0 Å². The quantitative estimate of drug-likeness (QED) is 0.684. The average molecular weight is 432 g/mol. The Labute approximate surface area is 164 Å². The Morgan fingerprint density at radius 2 is 2.19 bits per heavy atom. The summed E-state index contributed by atoms with van der Waals surface area (Å²) in [5.74, 6) is 1.03. The van der Waals surface area contributed by atoms with Crippen LogP contribution in [-0.4, -0.2) is 45.1 Å². The Kier molecular flexibility index (Phi) is 4.95. The summed E-state index contributed by atoms with van der Waals surface area (Å²) in [6.07, 6.45) is 2.63. The number of halogens is 1. The van der Waals surface area contributed by atoms with E-state index in [9.17, 15) is 4.79 Å². The molecule has 0 radical (unpaired) electrons. The zero-order valence-electron chi connectivity index (χ0n) is 14.4. The van der Waals surface area contributed by atoms with Crippen molar-refractivity contribution >= 4 is 33.4 Å². The third-order valence-corrected chi connectivity index (χ3v) is 4.94. The number of amides is 1. The average Bonchev–Trinajstić information content (AvgIpc) is 3.05. The Bertz CT molecular complexity index is 962. The molecule has 9 heteroatoms. The van der Waals surface area contributed by atoms with Crippen LogP contribution in [0.15, 0.2) is 47.3 Å². The van der Waals surface area contributed by atoms with Gasteiger partial charge in [-0.25, -0.2) is 14.8 Å². The van der Waals surface area contributed by atoms with Crippen LogP contribution in [0.5, 0.6) is 0 Å². The van der Waals surface area contributed by atoms with Crippen LogP contribution in [0, 0.1) is 0 Å². The van der Waals surface area contributed by atoms with Gasteiger partial charge in [0.15, 0.2) is 5.82 Å². The summed E-state index contributed by atoms with van der Waals surface area (Å²) in [4.78, 5) is 22.7. The molecule has 2 N–H and O–H groups in total. The highest BCUT2D eigenvalue weighted by Crippen LogP contribution is 2.29. The van der Waals surface area contributed by atoms with Crippen molar-refractivity contribution in [1.82, 2.24) is 19.3 Å². The molecule has 1 atom stereocenters. The van der Waals surface area contributed by atoms with Crippen molar-refractivity contribution in [2.75, 3.05) is 25.4 Å². The fourth-order valence-electron chi connectivity index (χ4n) is 3.05. The maximum absolute atomic E-state index is 12.5. The van der Waals surface area contributed by atoms with Gasteiger partial charge in [-0.1, -0.05) is 30.3 Å². The van der Waals surface area contributed by atoms with Gasteiger partial charge in [-0.15, -0.1) is 0 Å². The molecule has 2 aromatic heterocycles. The maximum atomic E-state index is 12.5. The highest BCUT2D eigenvalue weighted by Gasteiger charge is 2.30. The fourth-order valence-corrected chi connectivity index (χ4v) is 3.63. The lowest BCUT2D eigenvalue weighted by molar-refractivity contribution is -0.0337. The number of rotatable bonds is 3. The van der Waals surface area contributed by atoms with Crippen molar-refractivity contribution in [1.29, 1.82) is 0 Å². The summed E-state index contributed by atoms with van der Waals surface area (Å²) < 4.78 is 13.7. The van der Waals surface area contributed by atoms with Gasteiger partial charge in [0, 0.05) is 18.9 Å². The first-order valence-electron chi connectivity index (χ1n) is 8.48. The van der Waals surface area contributed by atoms with Crippen molar-refractivity contribution in [3.8, 4) is 0 Å². The highest BCUT2D eigenvalue weighted by atomic mass is 79.9. The fraction of sp³-hybridized carbons (Fsp3) is 0.278. The molecule has 8 nitrogen and oxygen atoms in total. The van der Waals surface area contributed by atoms with Gasteiger partial charge >= 0.3 is 6.09 Å². The van der Waals surface area contributed by atoms with E-state index in [0.29, 0.717) is 41.5 Å². The van der Waals surface area contributed by atoms with Gasteiger partial charge in [-0.05, 0) is 21.5 Å². The number of morpholine rings is 1. The molecule has 0 saturated carbocycles. The first-order chi connectivity index (χ1) is 13.1. The van der Waals surface area contributed by atoms with Gasteiger partial charge in [0.05, 0.1) is 13.2 Å². The topological polar surface area (TPSA) is 95.0 Å². The number of benzene rings is 1. The van der Waals surface area contributed by atoms with Crippen LogP contribution in [0.4, 0.5) is 10.6 Å². The Hall–Kier alpha value is -2.65. The number of fused-ring (bicyclic) bond motifs is 1. The number of hydrogen-bond acceptors (Lipinski definition) is 6. The predicted molar refractivity (Wildman–Crippen MR) is 102 cm³/mol. The Morgan fingerprint density at radius 3 is 3.00 bits per heavy atom. The first kappa shape index (κ1) is 17.7. The molecule has 3 heterocycles. The lowest BCUT2D eigenvalue weighted by atomic mass is 10.2. The number of ether oxygens (including phenoxy) is 2. The van der Waals surface area contributed by atoms with Crippen molar-refractivity contribution in [3.05, 3.63) is 58.7 Å². The smallest absolute Gasteiger partial charge is 0.410 e. The number of nitrogens with two attached hydrogens (primary N) is 1. The standard InChI is InChI=1S/C18H18BrN5O3/c19-15-14-16(20)21-6-7-24(14)17(22-15)13-10-23(8-9-26-13)18(25)27-11-12-4-2-1-3-5-12/h1-7,13H,8-11H2,(H2,20,21). The summed E-state index contributed by atoms with van der Waals surface area (Å²) >= 11 is 3.42. The Morgan fingerprint density at radius 1 is 1.37 bits per heavy atom. The van der Waals surface area contributed by atoms with Crippen molar-refractivity contribution in [3.63, 3.8) is 0 Å². The molecule has 1 unspecified atom stereocenters. The number of carbonyl (C=O) groups is 1. The molecule has 1 saturated heterocycles. The molecule has 1 aromatic carbocycles. The first-order valence-corrected chi connectivity index (χ1v) is 9.28. The molecule has 1 fully saturated rings. The number of hydrogen-bond donors (Lipinski definition) is 1. The SMILES string of the molecule is Nc1nccn2c(C3CN(C(=O)OCc4ccccc4)CCO3)nc(Br)c12. The van der Waals surface area contributed by atoms with Crippen LogP contribution in [0.25, 0.3) is 5.52 Å². The molecular formula is C18H18BrN5O3. The second-order valence-corrected chi connectivity index (χ2v) is 6.89. The number of imidazole rings is 1. The molecule has 27 heavy (non-hydrogen) atoms. The second kappa shape index (κ2) is 7.53. The molecule has 3 aromatic rings. The number of nitrogen functional groups attached to an aromatic ring is 1. The van der Waals surface area contributed by atoms with Gasteiger partial charge in [-0.3, -0.25) is 4.40 Å². The molecule has 140 valence electrons. The summed E-state index contributed by atoms with van der Waals surface area (Å²) in [5, 5.41) is 0. The van der Waals surface area contributed by atoms with Gasteiger partial charge in [-0.2, -0.15) is 0 Å². The van der Waals surface area contributed by atoms with E-state index < -0.39 is 0 Å². The predicted octanol–water partition coefficient (Wildman–Crippen LogP) is 2.78. The van der Waals surface area contributed by atoms with Crippen LogP contribution >= 0.6 is 15.9 Å². The molecule has 4 rings (SSSR count). The van der Waals surface area contributed by atoms with E-state index in [1.807, 2.05) is 34.7 Å². The van der Waals surface area contributed by atoms with Crippen molar-refractivity contribution in [2.24, 2.45) is 0 Å². The minimum Gasteiger partial charge on any atom is -0.445 e. The van der Waals surface area contributed by atoms with Crippen LogP contribution in [0.3, 0.4) is 0 Å². The van der Waals surface area contributed by atoms with E-state index >= 15 is 0 Å². The molecule has 1 aliphatic rings. The molecule has 1 aliphatic heterocycles. The summed E-state index contributed by atoms with van der Waals surface area (Å²) in [7, 11) is 0. The lowest BCUT2D eigenvalue weighted by Gasteiger charge is -2.31. The van der Waals surface area contributed by atoms with Crippen molar-refractivity contribution in [2.45, 2.75) is 12.7 Å². The maximum Gasteiger partial charge on any atom is 0.410 e. The van der Waals surface area contributed by atoms with E-state index in [-0.39, 0.29) is 18.8 Å². The zero-order chi connectivity index (χ0) is 18.8. The summed E-state index contributed by atoms with van der Waals surface area (Å²) in [6, 6.07) is 9.59. The van der Waals surface area contributed by atoms with Gasteiger partial charge in [0.1, 0.15) is 28.7 Å². The van der Waals surface area contributed by atoms with Gasteiger partial charge in [0.2, 0.25) is 0 Å². The zero-order valence-corrected chi connectivity index (χ0v) is 16.0. The van der Waals surface area contributed by atoms with E-state index in [0.717, 1.165) is 5.56 Å². The Balaban J connectivity index is 1.48. The normalized spacial score (nSPS) is 17.2. The molecule has 0 spiro atoms. The number of anilines is 1. The van der Waals surface area contributed by atoms with Crippen LogP contribution < -0.4 is 5.73 Å². The van der Waals surface area contributed by atoms with E-state index in [1.165, 1.54) is 0 Å². The second-order valence-electron chi connectivity index (χ2n) is 6.14. The molecule has 1 amide bonds. The minimum atomic E-state index is -0.386. The lowest BCUT2D eigenvalue weighted by Crippen LogP contribution is -2.42. The van der Waals surface area contributed by atoms with Crippen LogP contribution in [0.1, 0.15) is 17.5 Å². The molecule has 0 bridgehead atoms. The van der Waals surface area contributed by atoms with Crippen molar-refractivity contribution < 1.29 is 14.3 Å². The third kappa shape index (κ3) is 3.60. The number of carbonyl (C=O) groups excluding carboxylic acids is 1. The van der Waals surface area contributed by atoms with E-state index in [4.69, 9.17) is 15.2 Å². The molecular weight excluding hydrogens is 414 g/mol.